The van der Waals surface area contributed by atoms with Crippen molar-refractivity contribution in [2.24, 2.45) is 5.92 Å². The van der Waals surface area contributed by atoms with Crippen molar-refractivity contribution >= 4 is 34.0 Å². The molecule has 1 N–H and O–H groups in total. The van der Waals surface area contributed by atoms with Crippen LogP contribution >= 0.6 is 11.3 Å². The van der Waals surface area contributed by atoms with Gasteiger partial charge in [0, 0.05) is 13.0 Å². The normalized spacial score (nSPS) is 17.6. The third kappa shape index (κ3) is 3.21. The number of benzene rings is 1. The Morgan fingerprint density at radius 2 is 2.22 bits per heavy atom. The van der Waals surface area contributed by atoms with Gasteiger partial charge in [0.25, 0.3) is 0 Å². The molecule has 0 bridgehead atoms. The maximum absolute atomic E-state index is 13.8. The maximum atomic E-state index is 13.8. The molecule has 0 unspecified atom stereocenters. The van der Waals surface area contributed by atoms with Crippen LogP contribution in [0.15, 0.2) is 24.3 Å². The average Bonchev–Trinajstić information content (AvgIpc) is 3.14. The molecule has 1 atom stereocenters. The molecule has 0 saturated carbocycles. The molecule has 120 valence electrons. The fourth-order valence-electron chi connectivity index (χ4n) is 2.44. The summed E-state index contributed by atoms with van der Waals surface area (Å²) in [6, 6.07) is 6.05. The third-order valence-electron chi connectivity index (χ3n) is 3.64. The molecule has 1 aromatic heterocycles. The van der Waals surface area contributed by atoms with E-state index in [1.807, 2.05) is 6.92 Å². The van der Waals surface area contributed by atoms with Crippen LogP contribution in [0.25, 0.3) is 0 Å². The van der Waals surface area contributed by atoms with Gasteiger partial charge in [-0.1, -0.05) is 30.4 Å². The van der Waals surface area contributed by atoms with Crippen molar-refractivity contribution in [1.82, 2.24) is 10.2 Å². The Morgan fingerprint density at radius 3 is 2.91 bits per heavy atom. The summed E-state index contributed by atoms with van der Waals surface area (Å²) >= 11 is 1.31. The number of nitrogens with one attached hydrogen (secondary N) is 1. The maximum Gasteiger partial charge on any atom is 0.231 e. The van der Waals surface area contributed by atoms with Gasteiger partial charge in [0.1, 0.15) is 10.8 Å². The van der Waals surface area contributed by atoms with E-state index in [1.165, 1.54) is 28.4 Å². The molecule has 3 rings (SSSR count). The first kappa shape index (κ1) is 15.5. The van der Waals surface area contributed by atoms with Crippen LogP contribution in [-0.4, -0.2) is 28.6 Å². The van der Waals surface area contributed by atoms with Crippen LogP contribution in [0.5, 0.6) is 0 Å². The first-order valence-corrected chi connectivity index (χ1v) is 8.08. The Labute approximate surface area is 136 Å². The lowest BCUT2D eigenvalue weighted by atomic mass is 10.1. The predicted octanol–water partition coefficient (Wildman–Crippen LogP) is 2.23. The van der Waals surface area contributed by atoms with Crippen LogP contribution in [0.2, 0.25) is 0 Å². The van der Waals surface area contributed by atoms with E-state index >= 15 is 0 Å². The zero-order valence-corrected chi connectivity index (χ0v) is 13.3. The second-order valence-corrected chi connectivity index (χ2v) is 6.26. The number of amides is 2. The van der Waals surface area contributed by atoms with Crippen molar-refractivity contribution in [3.63, 3.8) is 0 Å². The molecule has 1 fully saturated rings. The molecule has 23 heavy (non-hydrogen) atoms. The smallest absolute Gasteiger partial charge is 0.231 e. The fourth-order valence-corrected chi connectivity index (χ4v) is 3.12. The van der Waals surface area contributed by atoms with Crippen LogP contribution < -0.4 is 10.2 Å². The number of aromatic nitrogens is 2. The first-order valence-electron chi connectivity index (χ1n) is 7.26. The highest BCUT2D eigenvalue weighted by Gasteiger charge is 2.36. The molecule has 0 spiro atoms. The molecule has 2 aromatic rings. The molecule has 6 nitrogen and oxygen atoms in total. The Balaban J connectivity index is 1.69. The van der Waals surface area contributed by atoms with E-state index in [4.69, 9.17) is 0 Å². The minimum Gasteiger partial charge on any atom is -0.309 e. The molecule has 0 aliphatic carbocycles. The Bertz CT molecular complexity index is 749. The van der Waals surface area contributed by atoms with Crippen molar-refractivity contribution in [3.8, 4) is 0 Å². The summed E-state index contributed by atoms with van der Waals surface area (Å²) in [7, 11) is 0. The third-order valence-corrected chi connectivity index (χ3v) is 4.62. The molecule has 1 aliphatic heterocycles. The van der Waals surface area contributed by atoms with Gasteiger partial charge in [-0.15, -0.1) is 10.2 Å². The molecular formula is C15H15FN4O2S. The van der Waals surface area contributed by atoms with Crippen LogP contribution in [-0.2, 0) is 16.0 Å². The van der Waals surface area contributed by atoms with E-state index in [0.29, 0.717) is 5.13 Å². The molecule has 2 amide bonds. The zero-order chi connectivity index (χ0) is 16.4. The number of rotatable bonds is 4. The van der Waals surface area contributed by atoms with E-state index < -0.39 is 11.7 Å². The summed E-state index contributed by atoms with van der Waals surface area (Å²) in [6.45, 7) is 2.11. The number of halogens is 1. The average molecular weight is 334 g/mol. The van der Waals surface area contributed by atoms with Crippen molar-refractivity contribution in [1.29, 1.82) is 0 Å². The second kappa shape index (κ2) is 6.41. The van der Waals surface area contributed by atoms with Gasteiger partial charge in [0.15, 0.2) is 0 Å². The summed E-state index contributed by atoms with van der Waals surface area (Å²) in [5.74, 6) is -1.56. The van der Waals surface area contributed by atoms with Crippen molar-refractivity contribution in [2.75, 3.05) is 16.8 Å². The fraction of sp³-hybridized carbons (Fsp3) is 0.333. The van der Waals surface area contributed by atoms with Crippen LogP contribution in [0.4, 0.5) is 15.2 Å². The number of hydrogen-bond donors (Lipinski definition) is 1. The second-order valence-electron chi connectivity index (χ2n) is 5.20. The van der Waals surface area contributed by atoms with Gasteiger partial charge in [-0.2, -0.15) is 0 Å². The molecule has 1 aromatic carbocycles. The van der Waals surface area contributed by atoms with Gasteiger partial charge < -0.3 is 10.2 Å². The topological polar surface area (TPSA) is 75.2 Å². The largest absolute Gasteiger partial charge is 0.309 e. The summed E-state index contributed by atoms with van der Waals surface area (Å²) in [5.41, 5.74) is 0.206. The lowest BCUT2D eigenvalue weighted by Gasteiger charge is -2.17. The van der Waals surface area contributed by atoms with E-state index in [1.54, 1.807) is 12.1 Å². The van der Waals surface area contributed by atoms with Crippen LogP contribution in [0, 0.1) is 11.7 Å². The van der Waals surface area contributed by atoms with Crippen LogP contribution in [0.3, 0.4) is 0 Å². The minimum absolute atomic E-state index is 0.0552. The minimum atomic E-state index is -0.531. The van der Waals surface area contributed by atoms with E-state index in [9.17, 15) is 14.0 Å². The standard InChI is InChI=1S/C15H15FN4O2S/c1-2-12-18-19-15(23-12)17-14(22)9-7-13(21)20(8-9)11-6-4-3-5-10(11)16/h3-6,9H,2,7-8H2,1H3,(H,17,19,22)/t9-/m0/s1. The lowest BCUT2D eigenvalue weighted by molar-refractivity contribution is -0.122. The summed E-state index contributed by atoms with van der Waals surface area (Å²) < 4.78 is 13.8. The zero-order valence-electron chi connectivity index (χ0n) is 12.5. The quantitative estimate of drug-likeness (QED) is 0.930. The van der Waals surface area contributed by atoms with Gasteiger partial charge in [0.05, 0.1) is 11.6 Å². The van der Waals surface area contributed by atoms with Gasteiger partial charge in [0.2, 0.25) is 16.9 Å². The number of nitrogens with zero attached hydrogens (tertiary/aromatic N) is 3. The van der Waals surface area contributed by atoms with E-state index in [2.05, 4.69) is 15.5 Å². The molecule has 2 heterocycles. The van der Waals surface area contributed by atoms with Crippen molar-refractivity contribution < 1.29 is 14.0 Å². The predicted molar refractivity (Wildman–Crippen MR) is 84.8 cm³/mol. The van der Waals surface area contributed by atoms with Crippen molar-refractivity contribution in [2.45, 2.75) is 19.8 Å². The van der Waals surface area contributed by atoms with Gasteiger partial charge in [-0.25, -0.2) is 4.39 Å². The van der Waals surface area contributed by atoms with E-state index in [-0.39, 0.29) is 30.5 Å². The van der Waals surface area contributed by atoms with Gasteiger partial charge in [-0.05, 0) is 18.6 Å². The Hall–Kier alpha value is -2.35. The van der Waals surface area contributed by atoms with Crippen LogP contribution in [0.1, 0.15) is 18.4 Å². The molecule has 0 radical (unpaired) electrons. The number of aryl methyl sites for hydroxylation is 1. The number of anilines is 2. The summed E-state index contributed by atoms with van der Waals surface area (Å²) in [5, 5.41) is 11.7. The first-order chi connectivity index (χ1) is 11.1. The molecule has 1 saturated heterocycles. The number of para-hydroxylation sites is 1. The number of carbonyl (C=O) groups is 2. The molecule has 8 heteroatoms. The highest BCUT2D eigenvalue weighted by atomic mass is 32.1. The molecule has 1 aliphatic rings. The van der Waals surface area contributed by atoms with Gasteiger partial charge >= 0.3 is 0 Å². The number of carbonyl (C=O) groups excluding carboxylic acids is 2. The monoisotopic (exact) mass is 334 g/mol. The summed E-state index contributed by atoms with van der Waals surface area (Å²) in [4.78, 5) is 25.7. The SMILES string of the molecule is CCc1nnc(NC(=O)[C@H]2CC(=O)N(c3ccccc3F)C2)s1. The lowest BCUT2D eigenvalue weighted by Crippen LogP contribution is -2.28. The van der Waals surface area contributed by atoms with Gasteiger partial charge in [-0.3, -0.25) is 9.59 Å². The molecular weight excluding hydrogens is 319 g/mol. The summed E-state index contributed by atoms with van der Waals surface area (Å²) in [6.07, 6.45) is 0.802. The van der Waals surface area contributed by atoms with Crippen molar-refractivity contribution in [3.05, 3.63) is 35.1 Å². The Kier molecular flexibility index (Phi) is 4.33. The Morgan fingerprint density at radius 1 is 1.43 bits per heavy atom. The number of hydrogen-bond acceptors (Lipinski definition) is 5. The van der Waals surface area contributed by atoms with E-state index in [0.717, 1.165) is 11.4 Å². The highest BCUT2D eigenvalue weighted by Crippen LogP contribution is 2.28. The highest BCUT2D eigenvalue weighted by molar-refractivity contribution is 7.15.